The second-order valence-corrected chi connectivity index (χ2v) is 2.97. The van der Waals surface area contributed by atoms with E-state index in [1.54, 1.807) is 12.1 Å². The van der Waals surface area contributed by atoms with E-state index in [1.165, 1.54) is 0 Å². The van der Waals surface area contributed by atoms with Gasteiger partial charge in [0, 0.05) is 18.3 Å². The summed E-state index contributed by atoms with van der Waals surface area (Å²) in [5.41, 5.74) is 6.32. The molecule has 0 unspecified atom stereocenters. The van der Waals surface area contributed by atoms with Crippen LogP contribution in [-0.2, 0) is 0 Å². The van der Waals surface area contributed by atoms with E-state index < -0.39 is 0 Å². The largest absolute Gasteiger partial charge is 0.508 e. The third kappa shape index (κ3) is 3.80. The zero-order chi connectivity index (χ0) is 9.52. The van der Waals surface area contributed by atoms with Crippen molar-refractivity contribution in [3.05, 3.63) is 24.3 Å². The molecule has 0 heterocycles. The minimum Gasteiger partial charge on any atom is -0.508 e. The lowest BCUT2D eigenvalue weighted by Gasteiger charge is -2.05. The molecule has 0 radical (unpaired) electrons. The fourth-order valence-electron chi connectivity index (χ4n) is 1.12. The molecule has 4 N–H and O–H groups in total. The molecule has 1 rings (SSSR count). The molecule has 72 valence electrons. The van der Waals surface area contributed by atoms with Gasteiger partial charge in [0.25, 0.3) is 0 Å². The molecule has 0 saturated carbocycles. The van der Waals surface area contributed by atoms with Gasteiger partial charge in [-0.25, -0.2) is 0 Å². The monoisotopic (exact) mass is 180 g/mol. The maximum atomic E-state index is 9.16. The molecule has 1 aromatic carbocycles. The lowest BCUT2D eigenvalue weighted by atomic mass is 10.2. The molecule has 0 amide bonds. The molecule has 0 bridgehead atoms. The van der Waals surface area contributed by atoms with Gasteiger partial charge in [0.05, 0.1) is 0 Å². The molecule has 3 heteroatoms. The molecule has 0 spiro atoms. The lowest BCUT2D eigenvalue weighted by Crippen LogP contribution is -2.05. The van der Waals surface area contributed by atoms with Crippen LogP contribution in [-0.4, -0.2) is 18.2 Å². The van der Waals surface area contributed by atoms with Gasteiger partial charge in [-0.1, -0.05) is 6.07 Å². The van der Waals surface area contributed by atoms with Crippen LogP contribution >= 0.6 is 0 Å². The van der Waals surface area contributed by atoms with Gasteiger partial charge in [0.2, 0.25) is 0 Å². The van der Waals surface area contributed by atoms with Gasteiger partial charge in [-0.15, -0.1) is 0 Å². The van der Waals surface area contributed by atoms with Crippen molar-refractivity contribution in [3.8, 4) is 5.75 Å². The summed E-state index contributed by atoms with van der Waals surface area (Å²) < 4.78 is 0. The van der Waals surface area contributed by atoms with Gasteiger partial charge in [-0.2, -0.15) is 0 Å². The Morgan fingerprint density at radius 3 is 2.85 bits per heavy atom. The Morgan fingerprint density at radius 1 is 1.31 bits per heavy atom. The first-order chi connectivity index (χ1) is 6.33. The highest BCUT2D eigenvalue weighted by Crippen LogP contribution is 2.14. The smallest absolute Gasteiger partial charge is 0.117 e. The zero-order valence-electron chi connectivity index (χ0n) is 7.66. The number of aromatic hydroxyl groups is 1. The van der Waals surface area contributed by atoms with E-state index in [4.69, 9.17) is 10.8 Å². The molecule has 0 saturated heterocycles. The molecule has 0 aliphatic carbocycles. The summed E-state index contributed by atoms with van der Waals surface area (Å²) in [6.07, 6.45) is 2.10. The van der Waals surface area contributed by atoms with Gasteiger partial charge in [-0.3, -0.25) is 0 Å². The van der Waals surface area contributed by atoms with Crippen LogP contribution in [0, 0.1) is 0 Å². The van der Waals surface area contributed by atoms with Crippen LogP contribution in [0.4, 0.5) is 5.69 Å². The Morgan fingerprint density at radius 2 is 2.15 bits per heavy atom. The predicted octanol–water partition coefficient (Wildman–Crippen LogP) is 1.54. The predicted molar refractivity (Wildman–Crippen MR) is 54.9 cm³/mol. The van der Waals surface area contributed by atoms with E-state index in [9.17, 15) is 0 Å². The average Bonchev–Trinajstić information content (AvgIpc) is 2.13. The molecule has 0 aliphatic rings. The molecular weight excluding hydrogens is 164 g/mol. The van der Waals surface area contributed by atoms with Crippen LogP contribution in [0.25, 0.3) is 0 Å². The lowest BCUT2D eigenvalue weighted by molar-refractivity contribution is 0.475. The Hall–Kier alpha value is -1.22. The highest BCUT2D eigenvalue weighted by atomic mass is 16.3. The van der Waals surface area contributed by atoms with Crippen molar-refractivity contribution in [3.63, 3.8) is 0 Å². The first-order valence-electron chi connectivity index (χ1n) is 4.56. The summed E-state index contributed by atoms with van der Waals surface area (Å²) in [6.45, 7) is 1.64. The number of rotatable bonds is 5. The summed E-state index contributed by atoms with van der Waals surface area (Å²) in [7, 11) is 0. The van der Waals surface area contributed by atoms with Gasteiger partial charge in [0.1, 0.15) is 5.75 Å². The number of anilines is 1. The molecule has 0 atom stereocenters. The first kappa shape index (κ1) is 9.86. The fourth-order valence-corrected chi connectivity index (χ4v) is 1.12. The van der Waals surface area contributed by atoms with Gasteiger partial charge in [-0.05, 0) is 31.5 Å². The highest BCUT2D eigenvalue weighted by Gasteiger charge is 1.92. The molecule has 3 nitrogen and oxygen atoms in total. The third-order valence-corrected chi connectivity index (χ3v) is 1.81. The standard InChI is InChI=1S/C10H16N2O/c11-6-1-2-7-12-9-4-3-5-10(13)8-9/h3-5,8,12-13H,1-2,6-7,11H2. The van der Waals surface area contributed by atoms with Crippen LogP contribution in [0.5, 0.6) is 5.75 Å². The van der Waals surface area contributed by atoms with E-state index >= 15 is 0 Å². The van der Waals surface area contributed by atoms with Gasteiger partial charge in [0.15, 0.2) is 0 Å². The average molecular weight is 180 g/mol. The van der Waals surface area contributed by atoms with Crippen LogP contribution in [0.3, 0.4) is 0 Å². The van der Waals surface area contributed by atoms with E-state index in [2.05, 4.69) is 5.32 Å². The number of nitrogens with one attached hydrogen (secondary N) is 1. The van der Waals surface area contributed by atoms with Crippen molar-refractivity contribution >= 4 is 5.69 Å². The van der Waals surface area contributed by atoms with Crippen molar-refractivity contribution in [2.75, 3.05) is 18.4 Å². The number of phenolic OH excluding ortho intramolecular Hbond substituents is 1. The second-order valence-electron chi connectivity index (χ2n) is 2.97. The van der Waals surface area contributed by atoms with Crippen molar-refractivity contribution < 1.29 is 5.11 Å². The Kier molecular flexibility index (Phi) is 4.12. The molecule has 0 aromatic heterocycles. The van der Waals surface area contributed by atoms with Gasteiger partial charge >= 0.3 is 0 Å². The minimum absolute atomic E-state index is 0.295. The normalized spacial score (nSPS) is 9.92. The first-order valence-corrected chi connectivity index (χ1v) is 4.56. The summed E-state index contributed by atoms with van der Waals surface area (Å²) in [6, 6.07) is 7.12. The summed E-state index contributed by atoms with van der Waals surface area (Å²) in [5, 5.41) is 12.4. The van der Waals surface area contributed by atoms with E-state index in [0.717, 1.165) is 31.6 Å². The van der Waals surface area contributed by atoms with E-state index in [-0.39, 0.29) is 0 Å². The maximum Gasteiger partial charge on any atom is 0.117 e. The second kappa shape index (κ2) is 5.43. The number of phenols is 1. The summed E-state index contributed by atoms with van der Waals surface area (Å²) >= 11 is 0. The Bertz CT molecular complexity index is 250. The van der Waals surface area contributed by atoms with Crippen LogP contribution < -0.4 is 11.1 Å². The fraction of sp³-hybridized carbons (Fsp3) is 0.400. The summed E-state index contributed by atoms with van der Waals surface area (Å²) in [5.74, 6) is 0.295. The summed E-state index contributed by atoms with van der Waals surface area (Å²) in [4.78, 5) is 0. The third-order valence-electron chi connectivity index (χ3n) is 1.81. The number of benzene rings is 1. The molecule has 1 aromatic rings. The molecular formula is C10H16N2O. The van der Waals surface area contributed by atoms with Gasteiger partial charge < -0.3 is 16.2 Å². The SMILES string of the molecule is NCCCCNc1cccc(O)c1. The topological polar surface area (TPSA) is 58.3 Å². The maximum absolute atomic E-state index is 9.16. The van der Waals surface area contributed by atoms with E-state index in [1.807, 2.05) is 12.1 Å². The quantitative estimate of drug-likeness (QED) is 0.602. The number of hydrogen-bond acceptors (Lipinski definition) is 3. The Balaban J connectivity index is 2.28. The number of nitrogens with two attached hydrogens (primary N) is 1. The van der Waals surface area contributed by atoms with Crippen molar-refractivity contribution in [2.45, 2.75) is 12.8 Å². The molecule has 13 heavy (non-hydrogen) atoms. The van der Waals surface area contributed by atoms with Crippen molar-refractivity contribution in [1.82, 2.24) is 0 Å². The zero-order valence-corrected chi connectivity index (χ0v) is 7.66. The van der Waals surface area contributed by atoms with Crippen molar-refractivity contribution in [2.24, 2.45) is 5.73 Å². The van der Waals surface area contributed by atoms with E-state index in [0.29, 0.717) is 5.75 Å². The number of unbranched alkanes of at least 4 members (excludes halogenated alkanes) is 1. The highest BCUT2D eigenvalue weighted by molar-refractivity contribution is 5.47. The minimum atomic E-state index is 0.295. The van der Waals surface area contributed by atoms with Crippen LogP contribution in [0.2, 0.25) is 0 Å². The number of hydrogen-bond donors (Lipinski definition) is 3. The van der Waals surface area contributed by atoms with Crippen LogP contribution in [0.15, 0.2) is 24.3 Å². The molecule has 0 aliphatic heterocycles. The molecule has 0 fully saturated rings. The van der Waals surface area contributed by atoms with Crippen LogP contribution in [0.1, 0.15) is 12.8 Å². The van der Waals surface area contributed by atoms with Crippen molar-refractivity contribution in [1.29, 1.82) is 0 Å². The Labute approximate surface area is 78.6 Å².